The van der Waals surface area contributed by atoms with Crippen LogP contribution in [-0.4, -0.2) is 31.4 Å². The molecule has 5 heteroatoms. The summed E-state index contributed by atoms with van der Waals surface area (Å²) in [4.78, 5) is 2.18. The molecule has 0 amide bonds. The zero-order valence-electron chi connectivity index (χ0n) is 12.6. The Hall–Kier alpha value is -1.49. The number of aliphatic hydroxyl groups excluding tert-OH is 1. The number of hydrogen-bond acceptors (Lipinski definition) is 4. The Morgan fingerprint density at radius 2 is 2.29 bits per heavy atom. The van der Waals surface area contributed by atoms with E-state index in [0.29, 0.717) is 18.2 Å². The van der Waals surface area contributed by atoms with Gasteiger partial charge in [0.2, 0.25) is 0 Å². The maximum atomic E-state index is 13.9. The monoisotopic (exact) mass is 296 g/mol. The first-order valence-corrected chi connectivity index (χ1v) is 7.73. The van der Waals surface area contributed by atoms with Gasteiger partial charge in [-0.2, -0.15) is 0 Å². The second-order valence-corrected chi connectivity index (χ2v) is 5.66. The Morgan fingerprint density at radius 3 is 3.00 bits per heavy atom. The number of nitrogens with two attached hydrogens (primary N) is 1. The summed E-state index contributed by atoms with van der Waals surface area (Å²) in [6.07, 6.45) is 3.82. The molecule has 1 fully saturated rings. The van der Waals surface area contributed by atoms with Crippen LogP contribution < -0.4 is 15.4 Å². The highest BCUT2D eigenvalue weighted by atomic mass is 19.1. The van der Waals surface area contributed by atoms with Crippen molar-refractivity contribution in [2.24, 2.45) is 5.92 Å². The third-order valence-corrected chi connectivity index (χ3v) is 3.94. The van der Waals surface area contributed by atoms with Gasteiger partial charge in [0.25, 0.3) is 0 Å². The van der Waals surface area contributed by atoms with Crippen LogP contribution in [0.25, 0.3) is 0 Å². The number of benzene rings is 1. The smallest absolute Gasteiger partial charge is 0.167 e. The zero-order chi connectivity index (χ0) is 15.2. The summed E-state index contributed by atoms with van der Waals surface area (Å²) in [6.45, 7) is 4.45. The van der Waals surface area contributed by atoms with Crippen molar-refractivity contribution in [1.29, 1.82) is 0 Å². The summed E-state index contributed by atoms with van der Waals surface area (Å²) < 4.78 is 19.3. The molecule has 1 aliphatic rings. The van der Waals surface area contributed by atoms with E-state index in [1.54, 1.807) is 6.07 Å². The van der Waals surface area contributed by atoms with Crippen molar-refractivity contribution in [2.75, 3.05) is 36.9 Å². The van der Waals surface area contributed by atoms with Crippen molar-refractivity contribution in [1.82, 2.24) is 0 Å². The number of aliphatic hydroxyl groups is 1. The van der Waals surface area contributed by atoms with Crippen molar-refractivity contribution in [3.63, 3.8) is 0 Å². The SMILES string of the molecule is CCCOc1cc(N2CCCC(CCO)C2)c(N)cc1F. The number of nitrogen functional groups attached to an aromatic ring is 1. The Labute approximate surface area is 125 Å². The maximum absolute atomic E-state index is 13.9. The van der Waals surface area contributed by atoms with Crippen LogP contribution in [0.5, 0.6) is 5.75 Å². The molecule has 0 radical (unpaired) electrons. The molecule has 0 aliphatic carbocycles. The fraction of sp³-hybridized carbons (Fsp3) is 0.625. The molecule has 0 spiro atoms. The second kappa shape index (κ2) is 7.50. The Kier molecular flexibility index (Phi) is 5.67. The predicted octanol–water partition coefficient (Wildman–Crippen LogP) is 2.80. The third-order valence-electron chi connectivity index (χ3n) is 3.94. The lowest BCUT2D eigenvalue weighted by Gasteiger charge is -2.35. The van der Waals surface area contributed by atoms with Crippen LogP contribution in [0.4, 0.5) is 15.8 Å². The Morgan fingerprint density at radius 1 is 1.48 bits per heavy atom. The average molecular weight is 296 g/mol. The number of halogens is 1. The van der Waals surface area contributed by atoms with Gasteiger partial charge in [0.1, 0.15) is 0 Å². The Bertz CT molecular complexity index is 466. The van der Waals surface area contributed by atoms with E-state index in [1.807, 2.05) is 6.92 Å². The minimum Gasteiger partial charge on any atom is -0.490 e. The van der Waals surface area contributed by atoms with E-state index < -0.39 is 5.82 Å². The third kappa shape index (κ3) is 4.00. The molecule has 3 N–H and O–H groups in total. The fourth-order valence-electron chi connectivity index (χ4n) is 2.86. The normalized spacial score (nSPS) is 18.8. The van der Waals surface area contributed by atoms with E-state index in [9.17, 15) is 4.39 Å². The Balaban J connectivity index is 2.17. The molecule has 21 heavy (non-hydrogen) atoms. The first kappa shape index (κ1) is 15.9. The molecule has 1 aromatic carbocycles. The van der Waals surface area contributed by atoms with Crippen LogP contribution in [0.1, 0.15) is 32.6 Å². The van der Waals surface area contributed by atoms with Crippen molar-refractivity contribution in [3.05, 3.63) is 17.9 Å². The second-order valence-electron chi connectivity index (χ2n) is 5.66. The predicted molar refractivity (Wildman–Crippen MR) is 83.2 cm³/mol. The molecule has 1 aliphatic heterocycles. The number of rotatable bonds is 6. The van der Waals surface area contributed by atoms with Crippen LogP contribution in [0.3, 0.4) is 0 Å². The van der Waals surface area contributed by atoms with E-state index in [-0.39, 0.29) is 12.4 Å². The van der Waals surface area contributed by atoms with Crippen LogP contribution in [0.15, 0.2) is 12.1 Å². The molecular formula is C16H25FN2O2. The fourth-order valence-corrected chi connectivity index (χ4v) is 2.86. The largest absolute Gasteiger partial charge is 0.490 e. The highest BCUT2D eigenvalue weighted by molar-refractivity contribution is 5.70. The standard InChI is InChI=1S/C16H25FN2O2/c1-2-8-21-16-10-15(14(18)9-13(16)17)19-6-3-4-12(11-19)5-7-20/h9-10,12,20H,2-8,11,18H2,1H3. The minimum atomic E-state index is -0.409. The van der Waals surface area contributed by atoms with Crippen LogP contribution in [0, 0.1) is 11.7 Å². The van der Waals surface area contributed by atoms with E-state index in [0.717, 1.165) is 44.5 Å². The van der Waals surface area contributed by atoms with Crippen LogP contribution in [-0.2, 0) is 0 Å². The van der Waals surface area contributed by atoms with Gasteiger partial charge in [0, 0.05) is 31.8 Å². The molecule has 1 aromatic rings. The number of anilines is 2. The summed E-state index contributed by atoms with van der Waals surface area (Å²) >= 11 is 0. The van der Waals surface area contributed by atoms with Gasteiger partial charge in [-0.3, -0.25) is 0 Å². The van der Waals surface area contributed by atoms with Crippen molar-refractivity contribution in [3.8, 4) is 5.75 Å². The lowest BCUT2D eigenvalue weighted by atomic mass is 9.94. The molecule has 0 bridgehead atoms. The van der Waals surface area contributed by atoms with Crippen molar-refractivity contribution < 1.29 is 14.2 Å². The van der Waals surface area contributed by atoms with Gasteiger partial charge in [0.15, 0.2) is 11.6 Å². The highest BCUT2D eigenvalue weighted by Crippen LogP contribution is 2.34. The summed E-state index contributed by atoms with van der Waals surface area (Å²) in [5, 5.41) is 9.09. The van der Waals surface area contributed by atoms with Gasteiger partial charge in [-0.25, -0.2) is 4.39 Å². The quantitative estimate of drug-likeness (QED) is 0.793. The first-order chi connectivity index (χ1) is 10.2. The molecule has 118 valence electrons. The van der Waals surface area contributed by atoms with E-state index >= 15 is 0 Å². The van der Waals surface area contributed by atoms with Crippen LogP contribution in [0.2, 0.25) is 0 Å². The van der Waals surface area contributed by atoms with Gasteiger partial charge >= 0.3 is 0 Å². The summed E-state index contributed by atoms with van der Waals surface area (Å²) in [7, 11) is 0. The van der Waals surface area contributed by atoms with Crippen LogP contribution >= 0.6 is 0 Å². The van der Waals surface area contributed by atoms with Crippen molar-refractivity contribution >= 4 is 11.4 Å². The lowest BCUT2D eigenvalue weighted by molar-refractivity contribution is 0.244. The summed E-state index contributed by atoms with van der Waals surface area (Å²) in [5.41, 5.74) is 7.27. The zero-order valence-corrected chi connectivity index (χ0v) is 12.6. The van der Waals surface area contributed by atoms with E-state index in [2.05, 4.69) is 4.90 Å². The van der Waals surface area contributed by atoms with E-state index in [1.165, 1.54) is 6.07 Å². The number of ether oxygens (including phenoxy) is 1. The molecule has 1 atom stereocenters. The van der Waals surface area contributed by atoms with Gasteiger partial charge in [-0.1, -0.05) is 6.92 Å². The maximum Gasteiger partial charge on any atom is 0.167 e. The molecule has 1 saturated heterocycles. The molecule has 0 saturated carbocycles. The molecule has 0 aromatic heterocycles. The summed E-state index contributed by atoms with van der Waals surface area (Å²) in [5.74, 6) is 0.326. The highest BCUT2D eigenvalue weighted by Gasteiger charge is 2.22. The number of nitrogens with zero attached hydrogens (tertiary/aromatic N) is 1. The first-order valence-electron chi connectivity index (χ1n) is 7.73. The lowest BCUT2D eigenvalue weighted by Crippen LogP contribution is -2.36. The molecule has 1 heterocycles. The van der Waals surface area contributed by atoms with Crippen molar-refractivity contribution in [2.45, 2.75) is 32.6 Å². The van der Waals surface area contributed by atoms with Gasteiger partial charge in [-0.05, 0) is 31.6 Å². The molecular weight excluding hydrogens is 271 g/mol. The molecule has 2 rings (SSSR count). The number of piperidine rings is 1. The van der Waals surface area contributed by atoms with Gasteiger partial charge < -0.3 is 20.5 Å². The average Bonchev–Trinajstić information content (AvgIpc) is 2.47. The summed E-state index contributed by atoms with van der Waals surface area (Å²) in [6, 6.07) is 3.05. The minimum absolute atomic E-state index is 0.211. The van der Waals surface area contributed by atoms with Gasteiger partial charge in [0.05, 0.1) is 18.0 Å². The van der Waals surface area contributed by atoms with E-state index in [4.69, 9.17) is 15.6 Å². The topological polar surface area (TPSA) is 58.7 Å². The number of hydrogen-bond donors (Lipinski definition) is 2. The molecule has 4 nitrogen and oxygen atoms in total. The van der Waals surface area contributed by atoms with Gasteiger partial charge in [-0.15, -0.1) is 0 Å². The molecule has 1 unspecified atom stereocenters.